The van der Waals surface area contributed by atoms with Gasteiger partial charge in [-0.3, -0.25) is 9.78 Å². The van der Waals surface area contributed by atoms with Gasteiger partial charge in [-0.05, 0) is 62.1 Å². The Bertz CT molecular complexity index is 901. The minimum Gasteiger partial charge on any atom is -0.496 e. The highest BCUT2D eigenvalue weighted by atomic mass is 19.1. The van der Waals surface area contributed by atoms with Gasteiger partial charge in [0.15, 0.2) is 0 Å². The molecule has 1 saturated heterocycles. The van der Waals surface area contributed by atoms with E-state index >= 15 is 0 Å². The van der Waals surface area contributed by atoms with Crippen LogP contribution in [-0.2, 0) is 11.2 Å². The normalized spacial score (nSPS) is 20.2. The number of rotatable bonds is 6. The molecule has 1 amide bonds. The molecule has 1 aliphatic heterocycles. The Morgan fingerprint density at radius 3 is 2.93 bits per heavy atom. The van der Waals surface area contributed by atoms with E-state index in [4.69, 9.17) is 9.47 Å². The number of hydrogen-bond donors (Lipinski definition) is 1. The zero-order valence-corrected chi connectivity index (χ0v) is 16.8. The fourth-order valence-corrected chi connectivity index (χ4v) is 3.84. The van der Waals surface area contributed by atoms with Crippen LogP contribution in [0, 0.1) is 5.82 Å². The number of anilines is 1. The number of hydrogen-bond acceptors (Lipinski definition) is 5. The summed E-state index contributed by atoms with van der Waals surface area (Å²) in [5, 5.41) is 3.12. The SMILES string of the molecule is COc1ccc(F)cc1CC1(NC(=O)c2cc(N3CCO[C@@H](C)C3)ccn2)CC1. The van der Waals surface area contributed by atoms with Gasteiger partial charge in [0.1, 0.15) is 17.3 Å². The number of ether oxygens (including phenoxy) is 2. The van der Waals surface area contributed by atoms with Crippen molar-refractivity contribution in [2.24, 2.45) is 0 Å². The number of nitrogens with one attached hydrogen (secondary N) is 1. The maximum atomic E-state index is 13.7. The van der Waals surface area contributed by atoms with Crippen LogP contribution in [0.25, 0.3) is 0 Å². The van der Waals surface area contributed by atoms with E-state index in [0.717, 1.165) is 37.2 Å². The molecule has 2 aliphatic rings. The van der Waals surface area contributed by atoms with Crippen LogP contribution in [0.5, 0.6) is 5.75 Å². The predicted octanol–water partition coefficient (Wildman–Crippen LogP) is 2.96. The van der Waals surface area contributed by atoms with Gasteiger partial charge >= 0.3 is 0 Å². The standard InChI is InChI=1S/C22H26FN3O3/c1-15-14-26(9-10-29-15)18-5-8-24-19(12-18)21(27)25-22(6-7-22)13-16-11-17(23)3-4-20(16)28-2/h3-5,8,11-12,15H,6-7,9-10,13-14H2,1-2H3,(H,25,27)/t15-/m0/s1. The molecule has 1 saturated carbocycles. The monoisotopic (exact) mass is 399 g/mol. The van der Waals surface area contributed by atoms with Gasteiger partial charge in [0, 0.05) is 30.5 Å². The first-order chi connectivity index (χ1) is 14.0. The molecule has 0 radical (unpaired) electrons. The highest BCUT2D eigenvalue weighted by molar-refractivity contribution is 5.94. The second-order valence-electron chi connectivity index (χ2n) is 7.89. The average molecular weight is 399 g/mol. The number of methoxy groups -OCH3 is 1. The van der Waals surface area contributed by atoms with Crippen molar-refractivity contribution in [3.63, 3.8) is 0 Å². The summed E-state index contributed by atoms with van der Waals surface area (Å²) in [4.78, 5) is 19.4. The molecular weight excluding hydrogens is 373 g/mol. The molecule has 1 N–H and O–H groups in total. The second-order valence-corrected chi connectivity index (χ2v) is 7.89. The van der Waals surface area contributed by atoms with E-state index in [-0.39, 0.29) is 23.4 Å². The lowest BCUT2D eigenvalue weighted by Crippen LogP contribution is -2.41. The first-order valence-electron chi connectivity index (χ1n) is 9.95. The minimum absolute atomic E-state index is 0.158. The fourth-order valence-electron chi connectivity index (χ4n) is 3.84. The predicted molar refractivity (Wildman–Crippen MR) is 108 cm³/mol. The summed E-state index contributed by atoms with van der Waals surface area (Å²) in [6, 6.07) is 8.22. The Hall–Kier alpha value is -2.67. The van der Waals surface area contributed by atoms with Gasteiger partial charge in [0.25, 0.3) is 5.91 Å². The van der Waals surface area contributed by atoms with Crippen molar-refractivity contribution in [2.45, 2.75) is 37.8 Å². The van der Waals surface area contributed by atoms with Crippen LogP contribution in [0.1, 0.15) is 35.8 Å². The number of pyridine rings is 1. The molecule has 2 aromatic rings. The number of halogens is 1. The van der Waals surface area contributed by atoms with Gasteiger partial charge in [0.2, 0.25) is 0 Å². The van der Waals surface area contributed by atoms with Crippen molar-refractivity contribution in [2.75, 3.05) is 31.7 Å². The van der Waals surface area contributed by atoms with Crippen molar-refractivity contribution in [1.82, 2.24) is 10.3 Å². The summed E-state index contributed by atoms with van der Waals surface area (Å²) in [6.07, 6.45) is 4.04. The lowest BCUT2D eigenvalue weighted by molar-refractivity contribution is 0.0532. The van der Waals surface area contributed by atoms with Gasteiger partial charge in [-0.25, -0.2) is 4.39 Å². The molecule has 1 aliphatic carbocycles. The number of benzene rings is 1. The molecule has 1 aromatic carbocycles. The Morgan fingerprint density at radius 1 is 1.38 bits per heavy atom. The lowest BCUT2D eigenvalue weighted by atomic mass is 10.0. The summed E-state index contributed by atoms with van der Waals surface area (Å²) >= 11 is 0. The third-order valence-corrected chi connectivity index (χ3v) is 5.59. The number of aromatic nitrogens is 1. The fraction of sp³-hybridized carbons (Fsp3) is 0.455. The van der Waals surface area contributed by atoms with Crippen LogP contribution < -0.4 is 15.0 Å². The summed E-state index contributed by atoms with van der Waals surface area (Å²) in [5.74, 6) is 0.117. The van der Waals surface area contributed by atoms with E-state index in [0.29, 0.717) is 24.5 Å². The third-order valence-electron chi connectivity index (χ3n) is 5.59. The number of morpholine rings is 1. The molecule has 7 heteroatoms. The molecule has 0 unspecified atom stereocenters. The molecule has 1 aromatic heterocycles. The summed E-state index contributed by atoms with van der Waals surface area (Å²) < 4.78 is 24.6. The third kappa shape index (κ3) is 4.50. The van der Waals surface area contributed by atoms with Gasteiger partial charge in [-0.2, -0.15) is 0 Å². The summed E-state index contributed by atoms with van der Waals surface area (Å²) in [6.45, 7) is 4.29. The van der Waals surface area contributed by atoms with E-state index in [1.165, 1.54) is 12.1 Å². The molecule has 0 bridgehead atoms. The first kappa shape index (κ1) is 19.6. The van der Waals surface area contributed by atoms with E-state index in [1.807, 2.05) is 19.1 Å². The molecule has 1 atom stereocenters. The number of carbonyl (C=O) groups excluding carboxylic acids is 1. The summed E-state index contributed by atoms with van der Waals surface area (Å²) in [7, 11) is 1.57. The van der Waals surface area contributed by atoms with E-state index < -0.39 is 0 Å². The molecule has 6 nitrogen and oxygen atoms in total. The van der Waals surface area contributed by atoms with Crippen LogP contribution in [0.15, 0.2) is 36.5 Å². The Balaban J connectivity index is 1.47. The van der Waals surface area contributed by atoms with Crippen molar-refractivity contribution in [3.8, 4) is 5.75 Å². The Kier molecular flexibility index (Phi) is 5.41. The topological polar surface area (TPSA) is 63.7 Å². The van der Waals surface area contributed by atoms with Gasteiger partial charge < -0.3 is 19.7 Å². The average Bonchev–Trinajstić information content (AvgIpc) is 3.47. The van der Waals surface area contributed by atoms with Gasteiger partial charge in [-0.1, -0.05) is 0 Å². The molecule has 29 heavy (non-hydrogen) atoms. The number of carbonyl (C=O) groups is 1. The molecule has 4 rings (SSSR count). The number of amides is 1. The second kappa shape index (κ2) is 7.99. The quantitative estimate of drug-likeness (QED) is 0.809. The van der Waals surface area contributed by atoms with E-state index in [1.54, 1.807) is 19.4 Å². The Morgan fingerprint density at radius 2 is 2.21 bits per heavy atom. The highest BCUT2D eigenvalue weighted by Crippen LogP contribution is 2.40. The van der Waals surface area contributed by atoms with E-state index in [2.05, 4.69) is 15.2 Å². The molecule has 2 heterocycles. The van der Waals surface area contributed by atoms with Crippen LogP contribution in [0.4, 0.5) is 10.1 Å². The number of nitrogens with zero attached hydrogens (tertiary/aromatic N) is 2. The van der Waals surface area contributed by atoms with Crippen molar-refractivity contribution < 1.29 is 18.7 Å². The minimum atomic E-state index is -0.372. The summed E-state index contributed by atoms with van der Waals surface area (Å²) in [5.41, 5.74) is 1.74. The maximum absolute atomic E-state index is 13.7. The van der Waals surface area contributed by atoms with Gasteiger partial charge in [-0.15, -0.1) is 0 Å². The van der Waals surface area contributed by atoms with Crippen LogP contribution in [0.2, 0.25) is 0 Å². The molecular formula is C22H26FN3O3. The van der Waals surface area contributed by atoms with E-state index in [9.17, 15) is 9.18 Å². The van der Waals surface area contributed by atoms with Gasteiger partial charge in [0.05, 0.1) is 19.8 Å². The lowest BCUT2D eigenvalue weighted by Gasteiger charge is -2.33. The molecule has 2 fully saturated rings. The Labute approximate surface area is 170 Å². The smallest absolute Gasteiger partial charge is 0.270 e. The van der Waals surface area contributed by atoms with Crippen molar-refractivity contribution in [1.29, 1.82) is 0 Å². The van der Waals surface area contributed by atoms with Crippen LogP contribution >= 0.6 is 0 Å². The molecule has 154 valence electrons. The zero-order chi connectivity index (χ0) is 20.4. The van der Waals surface area contributed by atoms with Crippen molar-refractivity contribution in [3.05, 3.63) is 53.6 Å². The highest BCUT2D eigenvalue weighted by Gasteiger charge is 2.45. The molecule has 0 spiro atoms. The first-order valence-corrected chi connectivity index (χ1v) is 9.95. The zero-order valence-electron chi connectivity index (χ0n) is 16.8. The largest absolute Gasteiger partial charge is 0.496 e. The van der Waals surface area contributed by atoms with Crippen LogP contribution in [-0.4, -0.2) is 49.3 Å². The maximum Gasteiger partial charge on any atom is 0.270 e. The van der Waals surface area contributed by atoms with Crippen molar-refractivity contribution >= 4 is 11.6 Å². The van der Waals surface area contributed by atoms with Crippen LogP contribution in [0.3, 0.4) is 0 Å².